The molecule has 5 heteroatoms. The van der Waals surface area contributed by atoms with E-state index in [4.69, 9.17) is 11.6 Å². The normalized spacial score (nSPS) is 11.1. The van der Waals surface area contributed by atoms with Crippen LogP contribution in [0, 0.1) is 5.82 Å². The van der Waals surface area contributed by atoms with Crippen molar-refractivity contribution in [3.63, 3.8) is 0 Å². The van der Waals surface area contributed by atoms with E-state index in [1.807, 2.05) is 17.8 Å². The minimum absolute atomic E-state index is 0.201. The summed E-state index contributed by atoms with van der Waals surface area (Å²) in [6.45, 7) is 0. The number of benzene rings is 1. The number of hydrogen-bond donors (Lipinski definition) is 0. The summed E-state index contributed by atoms with van der Waals surface area (Å²) < 4.78 is 15.1. The van der Waals surface area contributed by atoms with Gasteiger partial charge in [-0.3, -0.25) is 0 Å². The summed E-state index contributed by atoms with van der Waals surface area (Å²) in [5.74, 6) is -0.254. The van der Waals surface area contributed by atoms with Crippen molar-refractivity contribution in [1.29, 1.82) is 0 Å². The van der Waals surface area contributed by atoms with E-state index in [0.717, 1.165) is 22.2 Å². The molecule has 3 aromatic rings. The largest absolute Gasteiger partial charge is 0.350 e. The van der Waals surface area contributed by atoms with Crippen molar-refractivity contribution in [3.05, 3.63) is 47.8 Å². The van der Waals surface area contributed by atoms with E-state index >= 15 is 0 Å². The van der Waals surface area contributed by atoms with E-state index in [9.17, 15) is 4.39 Å². The highest BCUT2D eigenvalue weighted by Gasteiger charge is 2.10. The highest BCUT2D eigenvalue weighted by molar-refractivity contribution is 6.28. The van der Waals surface area contributed by atoms with Gasteiger partial charge in [0.05, 0.1) is 11.2 Å². The Hall–Kier alpha value is -1.94. The van der Waals surface area contributed by atoms with E-state index < -0.39 is 0 Å². The van der Waals surface area contributed by atoms with Gasteiger partial charge < -0.3 is 4.57 Å². The first-order valence-electron chi connectivity index (χ1n) is 5.38. The lowest BCUT2D eigenvalue weighted by atomic mass is 10.1. The van der Waals surface area contributed by atoms with Gasteiger partial charge in [0.1, 0.15) is 5.82 Å². The van der Waals surface area contributed by atoms with Gasteiger partial charge in [0, 0.05) is 30.4 Å². The number of hydrogen-bond acceptors (Lipinski definition) is 2. The molecule has 0 unspecified atom stereocenters. The standard InChI is InChI=1S/C13H9ClFN3/c1-18-7-10(11-4-5-16-13(14)17-11)9-3-2-8(15)6-12(9)18/h2-7H,1H3. The molecule has 0 bridgehead atoms. The van der Waals surface area contributed by atoms with Crippen LogP contribution in [0.1, 0.15) is 0 Å². The Morgan fingerprint density at radius 2 is 2.11 bits per heavy atom. The van der Waals surface area contributed by atoms with Crippen molar-refractivity contribution in [1.82, 2.24) is 14.5 Å². The van der Waals surface area contributed by atoms with E-state index in [1.54, 1.807) is 18.3 Å². The molecule has 0 aliphatic rings. The van der Waals surface area contributed by atoms with Crippen molar-refractivity contribution in [2.45, 2.75) is 0 Å². The summed E-state index contributed by atoms with van der Waals surface area (Å²) in [7, 11) is 1.87. The third-order valence-corrected chi connectivity index (χ3v) is 3.04. The van der Waals surface area contributed by atoms with E-state index in [0.29, 0.717) is 0 Å². The molecule has 0 atom stereocenters. The fourth-order valence-corrected chi connectivity index (χ4v) is 2.19. The monoisotopic (exact) mass is 261 g/mol. The maximum Gasteiger partial charge on any atom is 0.222 e. The first kappa shape index (κ1) is 11.2. The fourth-order valence-electron chi connectivity index (χ4n) is 2.05. The van der Waals surface area contributed by atoms with Crippen molar-refractivity contribution >= 4 is 22.5 Å². The molecule has 0 spiro atoms. The zero-order valence-corrected chi connectivity index (χ0v) is 10.3. The predicted octanol–water partition coefficient (Wildman–Crippen LogP) is 3.43. The van der Waals surface area contributed by atoms with Crippen LogP contribution in [-0.4, -0.2) is 14.5 Å². The second kappa shape index (κ2) is 4.07. The molecule has 0 aliphatic heterocycles. The van der Waals surface area contributed by atoms with Gasteiger partial charge in [0.15, 0.2) is 0 Å². The van der Waals surface area contributed by atoms with Gasteiger partial charge in [-0.2, -0.15) is 0 Å². The smallest absolute Gasteiger partial charge is 0.222 e. The first-order valence-corrected chi connectivity index (χ1v) is 5.76. The summed E-state index contributed by atoms with van der Waals surface area (Å²) in [5.41, 5.74) is 2.46. The third kappa shape index (κ3) is 1.75. The van der Waals surface area contributed by atoms with Crippen molar-refractivity contribution in [2.24, 2.45) is 7.05 Å². The SMILES string of the molecule is Cn1cc(-c2ccnc(Cl)n2)c2ccc(F)cc21. The van der Waals surface area contributed by atoms with Crippen molar-refractivity contribution in [3.8, 4) is 11.3 Å². The molecule has 0 N–H and O–H groups in total. The molecule has 3 nitrogen and oxygen atoms in total. The van der Waals surface area contributed by atoms with E-state index in [1.165, 1.54) is 12.1 Å². The highest BCUT2D eigenvalue weighted by Crippen LogP contribution is 2.29. The molecule has 1 aromatic carbocycles. The molecule has 18 heavy (non-hydrogen) atoms. The minimum atomic E-state index is -0.254. The molecule has 2 aromatic heterocycles. The van der Waals surface area contributed by atoms with Crippen LogP contribution in [-0.2, 0) is 7.05 Å². The van der Waals surface area contributed by atoms with Crippen LogP contribution in [0.4, 0.5) is 4.39 Å². The summed E-state index contributed by atoms with van der Waals surface area (Å²) in [6, 6.07) is 6.47. The van der Waals surface area contributed by atoms with Gasteiger partial charge in [-0.15, -0.1) is 0 Å². The van der Waals surface area contributed by atoms with Crippen molar-refractivity contribution in [2.75, 3.05) is 0 Å². The molecule has 0 aliphatic carbocycles. The quantitative estimate of drug-likeness (QED) is 0.629. The second-order valence-electron chi connectivity index (χ2n) is 4.03. The second-order valence-corrected chi connectivity index (χ2v) is 4.36. The highest BCUT2D eigenvalue weighted by atomic mass is 35.5. The lowest BCUT2D eigenvalue weighted by Crippen LogP contribution is -1.85. The summed E-state index contributed by atoms with van der Waals surface area (Å²) in [6.07, 6.45) is 3.51. The third-order valence-electron chi connectivity index (χ3n) is 2.85. The molecular weight excluding hydrogens is 253 g/mol. The summed E-state index contributed by atoms with van der Waals surface area (Å²) >= 11 is 5.79. The van der Waals surface area contributed by atoms with Crippen LogP contribution >= 0.6 is 11.6 Å². The number of fused-ring (bicyclic) bond motifs is 1. The van der Waals surface area contributed by atoms with Crippen LogP contribution in [0.3, 0.4) is 0 Å². The van der Waals surface area contributed by atoms with Gasteiger partial charge in [0.2, 0.25) is 5.28 Å². The number of aromatic nitrogens is 3. The number of nitrogens with zero attached hydrogens (tertiary/aromatic N) is 3. The molecule has 3 rings (SSSR count). The van der Waals surface area contributed by atoms with Gasteiger partial charge in [-0.25, -0.2) is 14.4 Å². The Labute approximate surface area is 108 Å². The molecule has 0 amide bonds. The van der Waals surface area contributed by atoms with E-state index in [2.05, 4.69) is 9.97 Å². The summed E-state index contributed by atoms with van der Waals surface area (Å²) in [4.78, 5) is 8.03. The Kier molecular flexibility index (Phi) is 2.52. The molecule has 0 fully saturated rings. The molecule has 2 heterocycles. The van der Waals surface area contributed by atoms with Crippen LogP contribution in [0.25, 0.3) is 22.2 Å². The Morgan fingerprint density at radius 3 is 2.89 bits per heavy atom. The van der Waals surface area contributed by atoms with Crippen LogP contribution in [0.15, 0.2) is 36.7 Å². The molecule has 0 saturated heterocycles. The lowest BCUT2D eigenvalue weighted by molar-refractivity contribution is 0.629. The molecule has 0 radical (unpaired) electrons. The average Bonchev–Trinajstić information content (AvgIpc) is 2.67. The van der Waals surface area contributed by atoms with Crippen molar-refractivity contribution < 1.29 is 4.39 Å². The summed E-state index contributed by atoms with van der Waals surface area (Å²) in [5, 5.41) is 1.14. The maximum absolute atomic E-state index is 13.2. The van der Waals surface area contributed by atoms with E-state index in [-0.39, 0.29) is 11.1 Å². The Morgan fingerprint density at radius 1 is 1.28 bits per heavy atom. The number of aryl methyl sites for hydroxylation is 1. The van der Waals surface area contributed by atoms with Crippen LogP contribution < -0.4 is 0 Å². The number of rotatable bonds is 1. The predicted molar refractivity (Wildman–Crippen MR) is 68.9 cm³/mol. The van der Waals surface area contributed by atoms with Crippen LogP contribution in [0.2, 0.25) is 5.28 Å². The maximum atomic E-state index is 13.2. The van der Waals surface area contributed by atoms with Gasteiger partial charge in [-0.05, 0) is 35.9 Å². The molecule has 90 valence electrons. The minimum Gasteiger partial charge on any atom is -0.350 e. The number of halogens is 2. The van der Waals surface area contributed by atoms with Gasteiger partial charge >= 0.3 is 0 Å². The Balaban J connectivity index is 2.30. The molecular formula is C13H9ClFN3. The van der Waals surface area contributed by atoms with Gasteiger partial charge in [-0.1, -0.05) is 0 Å². The average molecular weight is 262 g/mol. The first-order chi connectivity index (χ1) is 8.65. The molecule has 0 saturated carbocycles. The fraction of sp³-hybridized carbons (Fsp3) is 0.0769. The van der Waals surface area contributed by atoms with Crippen LogP contribution in [0.5, 0.6) is 0 Å². The van der Waals surface area contributed by atoms with Gasteiger partial charge in [0.25, 0.3) is 0 Å². The Bertz CT molecular complexity index is 736. The zero-order valence-electron chi connectivity index (χ0n) is 9.56. The lowest BCUT2D eigenvalue weighted by Gasteiger charge is -1.98. The zero-order chi connectivity index (χ0) is 12.7. The topological polar surface area (TPSA) is 30.7 Å².